The van der Waals surface area contributed by atoms with E-state index in [1.807, 2.05) is 10.9 Å². The van der Waals surface area contributed by atoms with E-state index in [2.05, 4.69) is 65.1 Å². The molecule has 0 saturated carbocycles. The third kappa shape index (κ3) is 2.64. The van der Waals surface area contributed by atoms with Crippen molar-refractivity contribution in [3.63, 3.8) is 0 Å². The van der Waals surface area contributed by atoms with Crippen LogP contribution in [-0.2, 0) is 6.54 Å². The summed E-state index contributed by atoms with van der Waals surface area (Å²) >= 11 is 2.36. The van der Waals surface area contributed by atoms with Crippen LogP contribution in [0, 0.1) is 3.57 Å². The first-order valence-corrected chi connectivity index (χ1v) is 6.66. The van der Waals surface area contributed by atoms with E-state index in [9.17, 15) is 0 Å². The summed E-state index contributed by atoms with van der Waals surface area (Å²) in [7, 11) is 0. The van der Waals surface area contributed by atoms with Crippen molar-refractivity contribution in [2.75, 3.05) is 0 Å². The molecule has 0 N–H and O–H groups in total. The minimum absolute atomic E-state index is 1.01. The molecule has 0 atom stereocenters. The van der Waals surface area contributed by atoms with Crippen molar-refractivity contribution in [1.82, 2.24) is 9.78 Å². The average Bonchev–Trinajstić information content (AvgIpc) is 2.75. The minimum Gasteiger partial charge on any atom is -0.272 e. The summed E-state index contributed by atoms with van der Waals surface area (Å²) < 4.78 is 3.30. The van der Waals surface area contributed by atoms with Gasteiger partial charge < -0.3 is 0 Å². The normalized spacial score (nSPS) is 10.6. The van der Waals surface area contributed by atoms with Crippen LogP contribution in [0.1, 0.15) is 19.8 Å². The fourth-order valence-corrected chi connectivity index (χ4v) is 2.34. The second kappa shape index (κ2) is 5.48. The standard InChI is InChI=1S/C13H15IN2/c1-2-3-8-16-10-11(9-15-16)12-6-4-5-7-13(12)14/h4-7,9-10H,2-3,8H2,1H3. The molecule has 0 amide bonds. The molecule has 0 aliphatic rings. The van der Waals surface area contributed by atoms with Crippen molar-refractivity contribution < 1.29 is 0 Å². The molecular weight excluding hydrogens is 311 g/mol. The van der Waals surface area contributed by atoms with Crippen LogP contribution in [0.25, 0.3) is 11.1 Å². The lowest BCUT2D eigenvalue weighted by Gasteiger charge is -2.00. The molecule has 84 valence electrons. The van der Waals surface area contributed by atoms with Crippen molar-refractivity contribution in [3.05, 3.63) is 40.2 Å². The summed E-state index contributed by atoms with van der Waals surface area (Å²) in [5.41, 5.74) is 2.48. The molecule has 0 saturated heterocycles. The Hall–Kier alpha value is -0.840. The van der Waals surface area contributed by atoms with Crippen LogP contribution in [-0.4, -0.2) is 9.78 Å². The van der Waals surface area contributed by atoms with E-state index in [0.717, 1.165) is 6.54 Å². The maximum atomic E-state index is 4.38. The highest BCUT2D eigenvalue weighted by atomic mass is 127. The topological polar surface area (TPSA) is 17.8 Å². The molecule has 0 aliphatic heterocycles. The number of halogens is 1. The Kier molecular flexibility index (Phi) is 3.98. The Balaban J connectivity index is 2.22. The molecule has 2 rings (SSSR count). The molecule has 0 unspecified atom stereocenters. The third-order valence-electron chi connectivity index (χ3n) is 2.56. The maximum absolute atomic E-state index is 4.38. The van der Waals surface area contributed by atoms with E-state index in [-0.39, 0.29) is 0 Å². The summed E-state index contributed by atoms with van der Waals surface area (Å²) in [5, 5.41) is 4.38. The zero-order valence-corrected chi connectivity index (χ0v) is 11.5. The largest absolute Gasteiger partial charge is 0.272 e. The summed E-state index contributed by atoms with van der Waals surface area (Å²) in [6, 6.07) is 8.40. The lowest BCUT2D eigenvalue weighted by atomic mass is 10.1. The van der Waals surface area contributed by atoms with Crippen molar-refractivity contribution >= 4 is 22.6 Å². The van der Waals surface area contributed by atoms with Gasteiger partial charge in [-0.25, -0.2) is 0 Å². The first-order chi connectivity index (χ1) is 7.81. The molecule has 16 heavy (non-hydrogen) atoms. The zero-order valence-electron chi connectivity index (χ0n) is 9.36. The SMILES string of the molecule is CCCCn1cc(-c2ccccc2I)cn1. The van der Waals surface area contributed by atoms with Crippen LogP contribution in [0.15, 0.2) is 36.7 Å². The number of unbranched alkanes of at least 4 members (excludes halogenated alkanes) is 1. The Bertz CT molecular complexity index is 462. The minimum atomic E-state index is 1.01. The monoisotopic (exact) mass is 326 g/mol. The molecule has 1 aromatic carbocycles. The van der Waals surface area contributed by atoms with Gasteiger partial charge >= 0.3 is 0 Å². The molecule has 2 nitrogen and oxygen atoms in total. The van der Waals surface area contributed by atoms with Gasteiger partial charge in [-0.15, -0.1) is 0 Å². The van der Waals surface area contributed by atoms with Crippen molar-refractivity contribution in [2.45, 2.75) is 26.3 Å². The van der Waals surface area contributed by atoms with Gasteiger partial charge in [0, 0.05) is 21.9 Å². The van der Waals surface area contributed by atoms with Gasteiger partial charge in [-0.05, 0) is 40.6 Å². The van der Waals surface area contributed by atoms with Crippen LogP contribution < -0.4 is 0 Å². The van der Waals surface area contributed by atoms with E-state index in [0.29, 0.717) is 0 Å². The van der Waals surface area contributed by atoms with E-state index >= 15 is 0 Å². The molecule has 2 aromatic rings. The highest BCUT2D eigenvalue weighted by molar-refractivity contribution is 14.1. The molecule has 1 aromatic heterocycles. The smallest absolute Gasteiger partial charge is 0.0568 e. The molecule has 1 heterocycles. The zero-order chi connectivity index (χ0) is 11.4. The third-order valence-corrected chi connectivity index (χ3v) is 3.50. The Morgan fingerprint density at radius 1 is 1.31 bits per heavy atom. The van der Waals surface area contributed by atoms with Crippen LogP contribution in [0.3, 0.4) is 0 Å². The van der Waals surface area contributed by atoms with Gasteiger partial charge in [-0.2, -0.15) is 5.10 Å². The quantitative estimate of drug-likeness (QED) is 0.778. The van der Waals surface area contributed by atoms with Gasteiger partial charge in [0.2, 0.25) is 0 Å². The lowest BCUT2D eigenvalue weighted by Crippen LogP contribution is -1.96. The molecule has 3 heteroatoms. The maximum Gasteiger partial charge on any atom is 0.0568 e. The number of hydrogen-bond acceptors (Lipinski definition) is 1. The number of aromatic nitrogens is 2. The van der Waals surface area contributed by atoms with Crippen LogP contribution >= 0.6 is 22.6 Å². The molecule has 0 fully saturated rings. The Labute approximate surface area is 110 Å². The predicted molar refractivity (Wildman–Crippen MR) is 75.3 cm³/mol. The van der Waals surface area contributed by atoms with Crippen molar-refractivity contribution in [2.24, 2.45) is 0 Å². The molecule has 0 bridgehead atoms. The number of benzene rings is 1. The molecular formula is C13H15IN2. The molecule has 0 radical (unpaired) electrons. The predicted octanol–water partition coefficient (Wildman–Crippen LogP) is 3.95. The second-order valence-electron chi connectivity index (χ2n) is 3.83. The lowest BCUT2D eigenvalue weighted by molar-refractivity contribution is 0.572. The summed E-state index contributed by atoms with van der Waals surface area (Å²) in [5.74, 6) is 0. The summed E-state index contributed by atoms with van der Waals surface area (Å²) in [6.45, 7) is 3.21. The summed E-state index contributed by atoms with van der Waals surface area (Å²) in [6.07, 6.45) is 6.48. The van der Waals surface area contributed by atoms with Gasteiger partial charge in [-0.1, -0.05) is 31.5 Å². The Morgan fingerprint density at radius 3 is 2.88 bits per heavy atom. The first-order valence-electron chi connectivity index (χ1n) is 5.58. The number of nitrogens with zero attached hydrogens (tertiary/aromatic N) is 2. The highest BCUT2D eigenvalue weighted by Crippen LogP contribution is 2.24. The average molecular weight is 326 g/mol. The van der Waals surface area contributed by atoms with E-state index in [1.165, 1.54) is 27.5 Å². The van der Waals surface area contributed by atoms with E-state index < -0.39 is 0 Å². The van der Waals surface area contributed by atoms with Gasteiger partial charge in [0.1, 0.15) is 0 Å². The number of rotatable bonds is 4. The van der Waals surface area contributed by atoms with E-state index in [1.54, 1.807) is 0 Å². The highest BCUT2D eigenvalue weighted by Gasteiger charge is 2.04. The number of hydrogen-bond donors (Lipinski definition) is 0. The van der Waals surface area contributed by atoms with Crippen LogP contribution in [0.5, 0.6) is 0 Å². The second-order valence-corrected chi connectivity index (χ2v) is 4.99. The number of aryl methyl sites for hydroxylation is 1. The van der Waals surface area contributed by atoms with Gasteiger partial charge in [0.25, 0.3) is 0 Å². The molecule has 0 spiro atoms. The van der Waals surface area contributed by atoms with Crippen LogP contribution in [0.4, 0.5) is 0 Å². The fourth-order valence-electron chi connectivity index (χ4n) is 1.64. The molecule has 0 aliphatic carbocycles. The fraction of sp³-hybridized carbons (Fsp3) is 0.308. The van der Waals surface area contributed by atoms with E-state index in [4.69, 9.17) is 0 Å². The summed E-state index contributed by atoms with van der Waals surface area (Å²) in [4.78, 5) is 0. The van der Waals surface area contributed by atoms with Crippen molar-refractivity contribution in [3.8, 4) is 11.1 Å². The first kappa shape index (κ1) is 11.6. The van der Waals surface area contributed by atoms with Gasteiger partial charge in [0.15, 0.2) is 0 Å². The van der Waals surface area contributed by atoms with Gasteiger partial charge in [0.05, 0.1) is 6.20 Å². The van der Waals surface area contributed by atoms with Gasteiger partial charge in [-0.3, -0.25) is 4.68 Å². The Morgan fingerprint density at radius 2 is 2.12 bits per heavy atom. The van der Waals surface area contributed by atoms with Crippen LogP contribution in [0.2, 0.25) is 0 Å². The van der Waals surface area contributed by atoms with Crippen molar-refractivity contribution in [1.29, 1.82) is 0 Å².